The van der Waals surface area contributed by atoms with Crippen molar-refractivity contribution in [1.82, 2.24) is 14.9 Å². The smallest absolute Gasteiger partial charge is 0.355 e. The Bertz CT molecular complexity index is 2250. The molecule has 3 aromatic rings. The molecule has 1 aromatic carbocycles. The van der Waals surface area contributed by atoms with Crippen LogP contribution in [-0.4, -0.2) is 82.7 Å². The molecule has 0 bridgehead atoms. The Labute approximate surface area is 324 Å². The number of aliphatic imine (C=N–C) groups is 1. The van der Waals surface area contributed by atoms with Gasteiger partial charge in [-0.1, -0.05) is 46.6 Å². The third kappa shape index (κ3) is 8.76. The van der Waals surface area contributed by atoms with Gasteiger partial charge in [0.15, 0.2) is 0 Å². The van der Waals surface area contributed by atoms with Crippen LogP contribution in [0, 0.1) is 5.92 Å². The molecule has 3 aliphatic heterocycles. The van der Waals surface area contributed by atoms with Crippen LogP contribution >= 0.6 is 0 Å². The van der Waals surface area contributed by atoms with E-state index in [1.165, 1.54) is 0 Å². The number of carboxylic acid groups (broad SMARTS) is 1. The van der Waals surface area contributed by atoms with Gasteiger partial charge in [0.05, 0.1) is 64.4 Å². The lowest BCUT2D eigenvalue weighted by molar-refractivity contribution is -0.189. The van der Waals surface area contributed by atoms with Crippen LogP contribution in [0.3, 0.4) is 0 Å². The molecule has 0 saturated heterocycles. The summed E-state index contributed by atoms with van der Waals surface area (Å²) in [5.74, 6) is -3.59. The van der Waals surface area contributed by atoms with E-state index < -0.39 is 58.0 Å². The van der Waals surface area contributed by atoms with Gasteiger partial charge in [-0.2, -0.15) is 8.42 Å². The molecule has 0 spiro atoms. The number of fused-ring (bicyclic) bond motifs is 5. The first-order valence-electron chi connectivity index (χ1n) is 18.5. The van der Waals surface area contributed by atoms with Gasteiger partial charge < -0.3 is 35.1 Å². The first kappa shape index (κ1) is 42.0. The highest BCUT2D eigenvalue weighted by Crippen LogP contribution is 2.47. The van der Waals surface area contributed by atoms with Crippen molar-refractivity contribution in [2.75, 3.05) is 17.7 Å². The van der Waals surface area contributed by atoms with Gasteiger partial charge in [-0.15, -0.1) is 0 Å². The lowest BCUT2D eigenvalue weighted by Gasteiger charge is -2.35. The number of nitrogens with two attached hydrogens (primary N) is 1. The molecule has 1 amide bonds. The number of unbranched alkanes of at least 4 members (excludes halogenated alkanes) is 2. The van der Waals surface area contributed by atoms with Crippen molar-refractivity contribution in [3.63, 3.8) is 0 Å². The van der Waals surface area contributed by atoms with Gasteiger partial charge in [-0.05, 0) is 49.8 Å². The lowest BCUT2D eigenvalue weighted by Crippen LogP contribution is -2.49. The first-order valence-corrected chi connectivity index (χ1v) is 20.4. The van der Waals surface area contributed by atoms with Crippen LogP contribution in [0.25, 0.3) is 22.3 Å². The summed E-state index contributed by atoms with van der Waals surface area (Å²) in [4.78, 5) is 77.4. The highest BCUT2D eigenvalue weighted by Gasteiger charge is 2.50. The predicted molar refractivity (Wildman–Crippen MR) is 207 cm³/mol. The topological polar surface area (TPSA) is 250 Å². The first-order chi connectivity index (χ1) is 26.4. The standard InChI is InChI=1S/C37H44N6O8.CH4O3S/c1-5-7-8-14-42-19-39-25-10-9-11-26-30(25)32(42)21-17-43-28(31(21)40-26)16-23-22(34(43)46)18-50-36(49)37(23,6-2)51-29(44)13-12-27(35(47)48)41-33(45)24(38)15-20(3)4;1-5(2,3)4/h9-11,16,19-20,24,27H,5-8,12-15,17-18,38H2,1-4H3,(H,41,45)(H,47,48);1H3,(H,2,3,4)/t24-,27+,37-;/m0./s1. The molecule has 18 heteroatoms. The van der Waals surface area contributed by atoms with Crippen molar-refractivity contribution in [1.29, 1.82) is 0 Å². The quantitative estimate of drug-likeness (QED) is 0.0810. The second-order valence-corrected chi connectivity index (χ2v) is 16.0. The number of aliphatic carboxylic acids is 1. The van der Waals surface area contributed by atoms with Crippen LogP contribution in [0.2, 0.25) is 0 Å². The number of esters is 2. The zero-order chi connectivity index (χ0) is 41.1. The number of rotatable bonds is 14. The molecule has 0 aliphatic carbocycles. The maximum Gasteiger partial charge on any atom is 0.355 e. The minimum absolute atomic E-state index is 0.0507. The number of carbonyl (C=O) groups is 4. The monoisotopic (exact) mass is 796 g/mol. The molecule has 0 fully saturated rings. The summed E-state index contributed by atoms with van der Waals surface area (Å²) < 4.78 is 38.8. The number of amides is 1. The Kier molecular flexibility index (Phi) is 12.7. The number of carboxylic acids is 1. The van der Waals surface area contributed by atoms with Crippen molar-refractivity contribution >= 4 is 62.5 Å². The Morgan fingerprint density at radius 2 is 1.86 bits per heavy atom. The summed E-state index contributed by atoms with van der Waals surface area (Å²) >= 11 is 0. The molecule has 17 nitrogen and oxygen atoms in total. The van der Waals surface area contributed by atoms with Gasteiger partial charge in [-0.25, -0.2) is 19.6 Å². The molecule has 2 aromatic heterocycles. The maximum absolute atomic E-state index is 14.2. The Balaban J connectivity index is 0.00000113. The van der Waals surface area contributed by atoms with Crippen LogP contribution < -0.4 is 21.5 Å². The van der Waals surface area contributed by atoms with Crippen LogP contribution in [0.4, 0.5) is 11.4 Å². The van der Waals surface area contributed by atoms with Crippen molar-refractivity contribution in [2.24, 2.45) is 16.6 Å². The Hall–Kier alpha value is -5.20. The van der Waals surface area contributed by atoms with Crippen LogP contribution in [0.5, 0.6) is 0 Å². The fourth-order valence-corrected chi connectivity index (χ4v) is 7.22. The Morgan fingerprint density at radius 3 is 2.50 bits per heavy atom. The summed E-state index contributed by atoms with van der Waals surface area (Å²) in [5, 5.41) is 13.1. The number of nitrogens with zero attached hydrogens (tertiary/aromatic N) is 4. The number of nitrogens with one attached hydrogen (secondary N) is 1. The van der Waals surface area contributed by atoms with E-state index >= 15 is 0 Å². The molecule has 0 radical (unpaired) electrons. The molecule has 0 saturated carbocycles. The predicted octanol–water partition coefficient (Wildman–Crippen LogP) is 3.53. The molecule has 3 atom stereocenters. The SMILES string of the molecule is CCCCCN1C=Nc2cccc3nc4c(c1c23)Cn1c-4cc2c(c1=O)COC(=O)[C@@]2(CC)OC(=O)CC[C@@H](NC(=O)[C@@H](N)CC(C)C)C(=O)O.CS(=O)(=O)O. The molecule has 302 valence electrons. The average Bonchev–Trinajstić information content (AvgIpc) is 3.49. The molecule has 3 aliphatic rings. The van der Waals surface area contributed by atoms with Gasteiger partial charge in [0.2, 0.25) is 11.5 Å². The molecular weight excluding hydrogens is 749 g/mol. The van der Waals surface area contributed by atoms with E-state index in [1.807, 2.05) is 38.4 Å². The largest absolute Gasteiger partial charge is 0.480 e. The number of benzene rings is 1. The minimum atomic E-state index is -3.67. The average molecular weight is 797 g/mol. The minimum Gasteiger partial charge on any atom is -0.480 e. The molecule has 5 N–H and O–H groups in total. The third-order valence-corrected chi connectivity index (χ3v) is 9.86. The molecular formula is C38H48N6O11S. The number of hydrogen-bond acceptors (Lipinski definition) is 13. The highest BCUT2D eigenvalue weighted by atomic mass is 32.2. The van der Waals surface area contributed by atoms with Gasteiger partial charge in [0.1, 0.15) is 12.6 Å². The second-order valence-electron chi connectivity index (χ2n) is 14.6. The summed E-state index contributed by atoms with van der Waals surface area (Å²) in [6.07, 6.45) is 5.17. The fourth-order valence-electron chi connectivity index (χ4n) is 7.22. The van der Waals surface area contributed by atoms with E-state index in [-0.39, 0.29) is 48.6 Å². The molecule has 56 heavy (non-hydrogen) atoms. The van der Waals surface area contributed by atoms with E-state index in [4.69, 9.17) is 29.7 Å². The zero-order valence-electron chi connectivity index (χ0n) is 32.0. The number of cyclic esters (lactones) is 1. The van der Waals surface area contributed by atoms with Crippen molar-refractivity contribution < 1.29 is 46.7 Å². The summed E-state index contributed by atoms with van der Waals surface area (Å²) in [6, 6.07) is 5.11. The lowest BCUT2D eigenvalue weighted by atomic mass is 9.85. The van der Waals surface area contributed by atoms with Crippen LogP contribution in [0.15, 0.2) is 34.1 Å². The Morgan fingerprint density at radius 1 is 1.14 bits per heavy atom. The van der Waals surface area contributed by atoms with Gasteiger partial charge in [-0.3, -0.25) is 18.9 Å². The van der Waals surface area contributed by atoms with Crippen LogP contribution in [0.1, 0.15) is 89.3 Å². The molecule has 5 heterocycles. The highest BCUT2D eigenvalue weighted by molar-refractivity contribution is 7.85. The number of anilines is 1. The summed E-state index contributed by atoms with van der Waals surface area (Å²) in [5.41, 5.74) is 8.39. The number of aromatic nitrogens is 2. The normalized spacial score (nSPS) is 17.6. The van der Waals surface area contributed by atoms with E-state index in [9.17, 15) is 37.5 Å². The van der Waals surface area contributed by atoms with Gasteiger partial charge in [0.25, 0.3) is 15.7 Å². The van der Waals surface area contributed by atoms with E-state index in [0.717, 1.165) is 53.6 Å². The molecule has 0 unspecified atom stereocenters. The summed E-state index contributed by atoms with van der Waals surface area (Å²) in [7, 11) is -3.67. The zero-order valence-corrected chi connectivity index (χ0v) is 32.8. The molecule has 6 rings (SSSR count). The number of carbonyl (C=O) groups excluding carboxylic acids is 3. The number of ether oxygens (including phenoxy) is 2. The fraction of sp³-hybridized carbons (Fsp3) is 0.500. The maximum atomic E-state index is 14.2. The second kappa shape index (κ2) is 16.9. The van der Waals surface area contributed by atoms with E-state index in [2.05, 4.69) is 17.1 Å². The summed E-state index contributed by atoms with van der Waals surface area (Å²) in [6.45, 7) is 8.26. The number of pyridine rings is 2. The van der Waals surface area contributed by atoms with Crippen molar-refractivity contribution in [2.45, 2.75) is 103 Å². The van der Waals surface area contributed by atoms with Gasteiger partial charge >= 0.3 is 17.9 Å². The van der Waals surface area contributed by atoms with Gasteiger partial charge in [0, 0.05) is 24.1 Å². The van der Waals surface area contributed by atoms with E-state index in [0.29, 0.717) is 24.1 Å². The van der Waals surface area contributed by atoms with Crippen molar-refractivity contribution in [3.05, 3.63) is 51.3 Å². The van der Waals surface area contributed by atoms with Crippen molar-refractivity contribution in [3.8, 4) is 11.4 Å². The number of hydrogen-bond donors (Lipinski definition) is 4. The van der Waals surface area contributed by atoms with Crippen LogP contribution in [-0.2, 0) is 57.5 Å². The van der Waals surface area contributed by atoms with E-state index in [1.54, 1.807) is 17.6 Å². The third-order valence-electron chi connectivity index (χ3n) is 9.86.